The van der Waals surface area contributed by atoms with Crippen LogP contribution < -0.4 is 5.56 Å². The molecule has 0 spiro atoms. The summed E-state index contributed by atoms with van der Waals surface area (Å²) in [7, 11) is 0. The van der Waals surface area contributed by atoms with Crippen LogP contribution in [0.25, 0.3) is 10.9 Å². The van der Waals surface area contributed by atoms with Gasteiger partial charge in [0.1, 0.15) is 0 Å². The van der Waals surface area contributed by atoms with E-state index in [-0.39, 0.29) is 10.6 Å². The van der Waals surface area contributed by atoms with Crippen LogP contribution in [0, 0.1) is 0 Å². The number of aromatic nitrogens is 1. The summed E-state index contributed by atoms with van der Waals surface area (Å²) in [4.78, 5) is 22.4. The molecule has 76 valence electrons. The lowest BCUT2D eigenvalue weighted by atomic mass is 10.2. The number of fused-ring (bicyclic) bond motifs is 1. The van der Waals surface area contributed by atoms with Gasteiger partial charge in [0.25, 0.3) is 5.56 Å². The molecule has 0 fully saturated rings. The van der Waals surface area contributed by atoms with Crippen molar-refractivity contribution < 1.29 is 4.79 Å². The highest BCUT2D eigenvalue weighted by Gasteiger charge is 2.12. The average Bonchev–Trinajstić information content (AvgIpc) is 2.27. The van der Waals surface area contributed by atoms with E-state index in [0.29, 0.717) is 17.2 Å². The lowest BCUT2D eigenvalue weighted by Crippen LogP contribution is -2.18. The lowest BCUT2D eigenvalue weighted by molar-refractivity contribution is 0.112. The van der Waals surface area contributed by atoms with Gasteiger partial charge in [-0.1, -0.05) is 29.8 Å². The second kappa shape index (κ2) is 3.79. The Hall–Kier alpha value is -1.13. The molecule has 0 atom stereocenters. The molecule has 2 rings (SSSR count). The molecular weight excluding hydrogens is 281 g/mol. The minimum Gasteiger partial charge on any atom is -0.298 e. The quantitative estimate of drug-likeness (QED) is 0.756. The summed E-state index contributed by atoms with van der Waals surface area (Å²) >= 11 is 9.05. The lowest BCUT2D eigenvalue weighted by Gasteiger charge is -2.05. The number of carbonyl (C=O) groups is 1. The minimum absolute atomic E-state index is 0.0350. The number of benzene rings is 1. The highest BCUT2D eigenvalue weighted by atomic mass is 79.9. The number of para-hydroxylation sites is 1. The van der Waals surface area contributed by atoms with Crippen molar-refractivity contribution in [1.29, 1.82) is 0 Å². The SMILES string of the molecule is O=Cc1c(Cl)c2ccccc2n(Br)c1=O. The van der Waals surface area contributed by atoms with E-state index in [4.69, 9.17) is 11.6 Å². The second-order valence-corrected chi connectivity index (χ2v) is 4.04. The predicted octanol–water partition coefficient (Wildman–Crippen LogP) is 2.63. The van der Waals surface area contributed by atoms with Gasteiger partial charge in [0, 0.05) is 5.39 Å². The molecule has 15 heavy (non-hydrogen) atoms. The van der Waals surface area contributed by atoms with E-state index in [1.165, 1.54) is 3.59 Å². The van der Waals surface area contributed by atoms with Crippen LogP contribution in [0.2, 0.25) is 5.02 Å². The highest BCUT2D eigenvalue weighted by molar-refractivity contribution is 9.08. The summed E-state index contributed by atoms with van der Waals surface area (Å²) in [5.41, 5.74) is 0.152. The Morgan fingerprint density at radius 3 is 2.67 bits per heavy atom. The van der Waals surface area contributed by atoms with Gasteiger partial charge in [0.05, 0.1) is 32.2 Å². The number of rotatable bonds is 1. The standard InChI is InChI=1S/C10H5BrClNO2/c11-13-8-4-2-1-3-6(8)9(12)7(5-14)10(13)15/h1-5H. The van der Waals surface area contributed by atoms with E-state index < -0.39 is 5.56 Å². The third-order valence-electron chi connectivity index (χ3n) is 2.12. The smallest absolute Gasteiger partial charge is 0.273 e. The number of hydrogen-bond donors (Lipinski definition) is 0. The fourth-order valence-corrected chi connectivity index (χ4v) is 2.17. The fourth-order valence-electron chi connectivity index (χ4n) is 1.39. The Morgan fingerprint density at radius 2 is 2.00 bits per heavy atom. The molecule has 0 saturated carbocycles. The number of aldehydes is 1. The van der Waals surface area contributed by atoms with Crippen LogP contribution in [0.5, 0.6) is 0 Å². The molecule has 1 aromatic carbocycles. The maximum absolute atomic E-state index is 11.6. The summed E-state index contributed by atoms with van der Waals surface area (Å²) in [5.74, 6) is 0. The summed E-state index contributed by atoms with van der Waals surface area (Å²) < 4.78 is 1.23. The third-order valence-corrected chi connectivity index (χ3v) is 3.23. The first-order chi connectivity index (χ1) is 7.16. The Balaban J connectivity index is 3.09. The number of pyridine rings is 1. The molecule has 0 aliphatic carbocycles. The first kappa shape index (κ1) is 10.4. The van der Waals surface area contributed by atoms with Crippen LogP contribution in [0.3, 0.4) is 0 Å². The molecule has 2 aromatic rings. The highest BCUT2D eigenvalue weighted by Crippen LogP contribution is 2.24. The van der Waals surface area contributed by atoms with Crippen molar-refractivity contribution in [2.45, 2.75) is 0 Å². The number of halogens is 2. The zero-order chi connectivity index (χ0) is 11.0. The van der Waals surface area contributed by atoms with Crippen molar-refractivity contribution in [3.8, 4) is 0 Å². The Morgan fingerprint density at radius 1 is 1.33 bits per heavy atom. The molecule has 0 amide bonds. The van der Waals surface area contributed by atoms with Crippen LogP contribution in [0.4, 0.5) is 0 Å². The number of carbonyl (C=O) groups excluding carboxylic acids is 1. The van der Waals surface area contributed by atoms with E-state index in [9.17, 15) is 9.59 Å². The Kier molecular flexibility index (Phi) is 2.63. The van der Waals surface area contributed by atoms with Crippen LogP contribution in [-0.2, 0) is 0 Å². The van der Waals surface area contributed by atoms with E-state index in [2.05, 4.69) is 16.1 Å². The molecule has 1 aromatic heterocycles. The zero-order valence-corrected chi connectivity index (χ0v) is 9.75. The molecule has 3 nitrogen and oxygen atoms in total. The molecule has 0 aliphatic rings. The van der Waals surface area contributed by atoms with E-state index >= 15 is 0 Å². The molecule has 0 saturated heterocycles. The van der Waals surface area contributed by atoms with Gasteiger partial charge in [0.2, 0.25) is 0 Å². The van der Waals surface area contributed by atoms with Crippen LogP contribution in [0.15, 0.2) is 29.1 Å². The van der Waals surface area contributed by atoms with Crippen LogP contribution in [-0.4, -0.2) is 9.88 Å². The molecule has 5 heteroatoms. The summed E-state index contributed by atoms with van der Waals surface area (Å²) in [5, 5.41) is 0.860. The van der Waals surface area contributed by atoms with Crippen molar-refractivity contribution in [3.63, 3.8) is 0 Å². The molecular formula is C10H5BrClNO2. The van der Waals surface area contributed by atoms with Gasteiger partial charge in [-0.3, -0.25) is 9.59 Å². The van der Waals surface area contributed by atoms with Gasteiger partial charge < -0.3 is 0 Å². The average molecular weight is 287 g/mol. The summed E-state index contributed by atoms with van der Waals surface area (Å²) in [6, 6.07) is 7.07. The number of hydrogen-bond acceptors (Lipinski definition) is 2. The normalized spacial score (nSPS) is 10.5. The first-order valence-electron chi connectivity index (χ1n) is 4.11. The largest absolute Gasteiger partial charge is 0.298 e. The van der Waals surface area contributed by atoms with Gasteiger partial charge in [-0.25, -0.2) is 3.59 Å². The van der Waals surface area contributed by atoms with Crippen molar-refractivity contribution >= 4 is 44.9 Å². The summed E-state index contributed by atoms with van der Waals surface area (Å²) in [6.07, 6.45) is 0.467. The molecule has 0 unspecified atom stereocenters. The molecule has 0 aliphatic heterocycles. The van der Waals surface area contributed by atoms with Gasteiger partial charge in [-0.15, -0.1) is 0 Å². The molecule has 0 radical (unpaired) electrons. The van der Waals surface area contributed by atoms with E-state index in [0.717, 1.165) is 0 Å². The van der Waals surface area contributed by atoms with E-state index in [1.807, 2.05) is 0 Å². The first-order valence-corrected chi connectivity index (χ1v) is 5.20. The molecule has 0 bridgehead atoms. The topological polar surface area (TPSA) is 39.1 Å². The van der Waals surface area contributed by atoms with Gasteiger partial charge >= 0.3 is 0 Å². The van der Waals surface area contributed by atoms with Gasteiger partial charge in [-0.05, 0) is 6.07 Å². The van der Waals surface area contributed by atoms with Crippen molar-refractivity contribution in [2.24, 2.45) is 0 Å². The van der Waals surface area contributed by atoms with Gasteiger partial charge in [0.15, 0.2) is 6.29 Å². The van der Waals surface area contributed by atoms with Crippen LogP contribution in [0.1, 0.15) is 10.4 Å². The molecule has 1 heterocycles. The third kappa shape index (κ3) is 1.50. The van der Waals surface area contributed by atoms with Crippen molar-refractivity contribution in [2.75, 3.05) is 0 Å². The maximum atomic E-state index is 11.6. The fraction of sp³-hybridized carbons (Fsp3) is 0. The number of nitrogens with zero attached hydrogens (tertiary/aromatic N) is 1. The predicted molar refractivity (Wildman–Crippen MR) is 62.9 cm³/mol. The van der Waals surface area contributed by atoms with Gasteiger partial charge in [-0.2, -0.15) is 0 Å². The second-order valence-electron chi connectivity index (χ2n) is 2.95. The van der Waals surface area contributed by atoms with Crippen molar-refractivity contribution in [3.05, 3.63) is 45.2 Å². The van der Waals surface area contributed by atoms with Crippen LogP contribution >= 0.6 is 27.7 Å². The maximum Gasteiger partial charge on any atom is 0.273 e. The Labute approximate surface area is 98.6 Å². The monoisotopic (exact) mass is 285 g/mol. The molecule has 0 N–H and O–H groups in total. The zero-order valence-electron chi connectivity index (χ0n) is 7.41. The minimum atomic E-state index is -0.450. The summed E-state index contributed by atoms with van der Waals surface area (Å²) in [6.45, 7) is 0. The Bertz CT molecular complexity index is 606. The van der Waals surface area contributed by atoms with E-state index in [1.54, 1.807) is 24.3 Å². The van der Waals surface area contributed by atoms with Crippen molar-refractivity contribution in [1.82, 2.24) is 3.59 Å².